The Morgan fingerprint density at radius 2 is 2.08 bits per heavy atom. The van der Waals surface area contributed by atoms with Gasteiger partial charge in [-0.25, -0.2) is 0 Å². The van der Waals surface area contributed by atoms with E-state index in [9.17, 15) is 0 Å². The van der Waals surface area contributed by atoms with Crippen molar-refractivity contribution in [2.24, 2.45) is 0 Å². The molecule has 1 atom stereocenters. The monoisotopic (exact) mass is 161 g/mol. The van der Waals surface area contributed by atoms with Crippen LogP contribution in [-0.4, -0.2) is 7.05 Å². The molecule has 1 aromatic carbocycles. The summed E-state index contributed by atoms with van der Waals surface area (Å²) >= 11 is 0. The van der Waals surface area contributed by atoms with E-state index < -0.39 is 0 Å². The van der Waals surface area contributed by atoms with Crippen molar-refractivity contribution in [2.45, 2.75) is 12.8 Å². The zero-order chi connectivity index (χ0) is 8.97. The van der Waals surface area contributed by atoms with Gasteiger partial charge in [-0.15, -0.1) is 6.58 Å². The molecular formula is C11H15N. The number of benzene rings is 1. The molecule has 1 unspecified atom stereocenters. The topological polar surface area (TPSA) is 12.0 Å². The van der Waals surface area contributed by atoms with Gasteiger partial charge in [0.15, 0.2) is 0 Å². The van der Waals surface area contributed by atoms with E-state index in [4.69, 9.17) is 0 Å². The minimum atomic E-state index is 0.411. The lowest BCUT2D eigenvalue weighted by atomic mass is 9.99. The van der Waals surface area contributed by atoms with Gasteiger partial charge in [0.2, 0.25) is 0 Å². The van der Waals surface area contributed by atoms with Gasteiger partial charge in [0.05, 0.1) is 0 Å². The number of allylic oxidation sites excluding steroid dienone is 1. The molecule has 0 bridgehead atoms. The average Bonchev–Trinajstić information content (AvgIpc) is 2.16. The first-order chi connectivity index (χ1) is 5.79. The summed E-state index contributed by atoms with van der Waals surface area (Å²) < 4.78 is 0. The molecule has 0 spiro atoms. The Morgan fingerprint density at radius 1 is 1.42 bits per heavy atom. The number of hydrogen-bond donors (Lipinski definition) is 1. The average molecular weight is 161 g/mol. The van der Waals surface area contributed by atoms with Crippen LogP contribution in [0.15, 0.2) is 36.9 Å². The SMILES string of the molecule is C=CC(C)c1ccccc1NC. The van der Waals surface area contributed by atoms with Gasteiger partial charge in [-0.05, 0) is 11.6 Å². The zero-order valence-electron chi connectivity index (χ0n) is 7.67. The number of anilines is 1. The molecule has 0 radical (unpaired) electrons. The second-order valence-electron chi connectivity index (χ2n) is 2.86. The van der Waals surface area contributed by atoms with Crippen molar-refractivity contribution in [1.29, 1.82) is 0 Å². The van der Waals surface area contributed by atoms with Crippen LogP contribution in [0.4, 0.5) is 5.69 Å². The van der Waals surface area contributed by atoms with Crippen molar-refractivity contribution in [3.63, 3.8) is 0 Å². The standard InChI is InChI=1S/C11H15N/c1-4-9(2)10-7-5-6-8-11(10)12-3/h4-9,12H,1H2,2-3H3. The highest BCUT2D eigenvalue weighted by Crippen LogP contribution is 2.23. The molecule has 0 aliphatic heterocycles. The van der Waals surface area contributed by atoms with E-state index in [0.29, 0.717) is 5.92 Å². The Bertz CT molecular complexity index is 265. The molecule has 64 valence electrons. The van der Waals surface area contributed by atoms with Crippen LogP contribution in [0.25, 0.3) is 0 Å². The summed E-state index contributed by atoms with van der Waals surface area (Å²) in [5, 5.41) is 3.16. The van der Waals surface area contributed by atoms with Gasteiger partial charge in [0.25, 0.3) is 0 Å². The first-order valence-corrected chi connectivity index (χ1v) is 4.18. The molecule has 12 heavy (non-hydrogen) atoms. The predicted octanol–water partition coefficient (Wildman–Crippen LogP) is 3.02. The van der Waals surface area contributed by atoms with Gasteiger partial charge in [-0.2, -0.15) is 0 Å². The third-order valence-electron chi connectivity index (χ3n) is 2.07. The largest absolute Gasteiger partial charge is 0.388 e. The van der Waals surface area contributed by atoms with Gasteiger partial charge in [-0.3, -0.25) is 0 Å². The molecule has 1 N–H and O–H groups in total. The first kappa shape index (κ1) is 8.85. The van der Waals surface area contributed by atoms with E-state index in [2.05, 4.69) is 37.0 Å². The van der Waals surface area contributed by atoms with Crippen LogP contribution in [0.2, 0.25) is 0 Å². The Labute approximate surface area is 74.1 Å². The molecule has 0 heterocycles. The van der Waals surface area contributed by atoms with Crippen molar-refractivity contribution in [3.05, 3.63) is 42.5 Å². The van der Waals surface area contributed by atoms with Crippen molar-refractivity contribution in [1.82, 2.24) is 0 Å². The number of nitrogens with one attached hydrogen (secondary N) is 1. The number of para-hydroxylation sites is 1. The second kappa shape index (κ2) is 3.96. The molecule has 0 amide bonds. The lowest BCUT2D eigenvalue weighted by Crippen LogP contribution is -1.96. The molecular weight excluding hydrogens is 146 g/mol. The summed E-state index contributed by atoms with van der Waals surface area (Å²) in [4.78, 5) is 0. The molecule has 1 aromatic rings. The quantitative estimate of drug-likeness (QED) is 0.672. The maximum Gasteiger partial charge on any atom is 0.0376 e. The summed E-state index contributed by atoms with van der Waals surface area (Å²) in [6.45, 7) is 5.93. The van der Waals surface area contributed by atoms with Crippen molar-refractivity contribution >= 4 is 5.69 Å². The van der Waals surface area contributed by atoms with Crippen LogP contribution >= 0.6 is 0 Å². The van der Waals surface area contributed by atoms with Gasteiger partial charge < -0.3 is 5.32 Å². The normalized spacial score (nSPS) is 12.2. The van der Waals surface area contributed by atoms with E-state index in [-0.39, 0.29) is 0 Å². The fourth-order valence-corrected chi connectivity index (χ4v) is 1.25. The Kier molecular flexibility index (Phi) is 2.92. The molecule has 0 aliphatic carbocycles. The van der Waals surface area contributed by atoms with Crippen molar-refractivity contribution in [2.75, 3.05) is 12.4 Å². The summed E-state index contributed by atoms with van der Waals surface area (Å²) in [5.41, 5.74) is 2.49. The summed E-state index contributed by atoms with van der Waals surface area (Å²) in [7, 11) is 1.94. The summed E-state index contributed by atoms with van der Waals surface area (Å²) in [6, 6.07) is 8.29. The highest BCUT2D eigenvalue weighted by Gasteiger charge is 2.04. The molecule has 1 heteroatoms. The van der Waals surface area contributed by atoms with Crippen LogP contribution in [0, 0.1) is 0 Å². The summed E-state index contributed by atoms with van der Waals surface area (Å²) in [6.07, 6.45) is 1.95. The highest BCUT2D eigenvalue weighted by molar-refractivity contribution is 5.52. The third kappa shape index (κ3) is 1.67. The summed E-state index contributed by atoms with van der Waals surface area (Å²) in [5.74, 6) is 0.411. The second-order valence-corrected chi connectivity index (χ2v) is 2.86. The Hall–Kier alpha value is -1.24. The van der Waals surface area contributed by atoms with Gasteiger partial charge in [0, 0.05) is 18.7 Å². The maximum atomic E-state index is 3.78. The van der Waals surface area contributed by atoms with Crippen LogP contribution in [0.3, 0.4) is 0 Å². The lowest BCUT2D eigenvalue weighted by molar-refractivity contribution is 0.972. The van der Waals surface area contributed by atoms with Crippen LogP contribution in [-0.2, 0) is 0 Å². The lowest BCUT2D eigenvalue weighted by Gasteiger charge is -2.11. The van der Waals surface area contributed by atoms with Gasteiger partial charge >= 0.3 is 0 Å². The molecule has 0 aromatic heterocycles. The predicted molar refractivity (Wildman–Crippen MR) is 54.6 cm³/mol. The minimum absolute atomic E-state index is 0.411. The number of rotatable bonds is 3. The molecule has 1 rings (SSSR count). The van der Waals surface area contributed by atoms with Crippen molar-refractivity contribution < 1.29 is 0 Å². The highest BCUT2D eigenvalue weighted by atomic mass is 14.8. The smallest absolute Gasteiger partial charge is 0.0376 e. The fraction of sp³-hybridized carbons (Fsp3) is 0.273. The maximum absolute atomic E-state index is 3.78. The molecule has 0 saturated heterocycles. The zero-order valence-corrected chi connectivity index (χ0v) is 7.67. The van der Waals surface area contributed by atoms with Crippen LogP contribution < -0.4 is 5.32 Å². The van der Waals surface area contributed by atoms with E-state index in [1.54, 1.807) is 0 Å². The minimum Gasteiger partial charge on any atom is -0.388 e. The molecule has 1 nitrogen and oxygen atoms in total. The van der Waals surface area contributed by atoms with Gasteiger partial charge in [-0.1, -0.05) is 31.2 Å². The Balaban J connectivity index is 3.04. The van der Waals surface area contributed by atoms with E-state index in [1.807, 2.05) is 19.2 Å². The van der Waals surface area contributed by atoms with E-state index in [1.165, 1.54) is 11.3 Å². The van der Waals surface area contributed by atoms with E-state index >= 15 is 0 Å². The molecule has 0 saturated carbocycles. The Morgan fingerprint density at radius 3 is 2.67 bits per heavy atom. The van der Waals surface area contributed by atoms with Crippen LogP contribution in [0.1, 0.15) is 18.4 Å². The van der Waals surface area contributed by atoms with E-state index in [0.717, 1.165) is 0 Å². The van der Waals surface area contributed by atoms with Crippen LogP contribution in [0.5, 0.6) is 0 Å². The molecule has 0 aliphatic rings. The first-order valence-electron chi connectivity index (χ1n) is 4.18. The number of hydrogen-bond acceptors (Lipinski definition) is 1. The van der Waals surface area contributed by atoms with Gasteiger partial charge in [0.1, 0.15) is 0 Å². The third-order valence-corrected chi connectivity index (χ3v) is 2.07. The fourth-order valence-electron chi connectivity index (χ4n) is 1.25. The van der Waals surface area contributed by atoms with Crippen molar-refractivity contribution in [3.8, 4) is 0 Å². The molecule has 0 fully saturated rings.